The van der Waals surface area contributed by atoms with Crippen LogP contribution in [-0.4, -0.2) is 14.6 Å². The first-order chi connectivity index (χ1) is 10.0. The summed E-state index contributed by atoms with van der Waals surface area (Å²) in [5.74, 6) is 0. The van der Waals surface area contributed by atoms with Crippen LogP contribution in [0.4, 0.5) is 5.69 Å². The zero-order chi connectivity index (χ0) is 15.0. The van der Waals surface area contributed by atoms with Crippen LogP contribution in [0.3, 0.4) is 0 Å². The molecule has 0 radical (unpaired) electrons. The molecule has 1 N–H and O–H groups in total. The second-order valence-corrected chi connectivity index (χ2v) is 5.79. The highest BCUT2D eigenvalue weighted by Gasteiger charge is 2.21. The van der Waals surface area contributed by atoms with E-state index in [0.717, 1.165) is 30.4 Å². The SMILES string of the molecule is O=[N+]([O-])c1ccc(Cl)cc1Cn1cc2c(c1)C(O)CCC2. The minimum absolute atomic E-state index is 0.0617. The lowest BCUT2D eigenvalue weighted by Gasteiger charge is -2.16. The number of aryl methyl sites for hydroxylation is 1. The third-order valence-electron chi connectivity index (χ3n) is 3.87. The number of aliphatic hydroxyl groups is 1. The lowest BCUT2D eigenvalue weighted by Crippen LogP contribution is -2.05. The molecule has 0 spiro atoms. The quantitative estimate of drug-likeness (QED) is 0.697. The van der Waals surface area contributed by atoms with E-state index in [1.807, 2.05) is 17.0 Å². The summed E-state index contributed by atoms with van der Waals surface area (Å²) in [5, 5.41) is 21.5. The molecule has 0 saturated heterocycles. The molecule has 1 aromatic heterocycles. The van der Waals surface area contributed by atoms with E-state index in [-0.39, 0.29) is 5.69 Å². The Kier molecular flexibility index (Phi) is 3.69. The summed E-state index contributed by atoms with van der Waals surface area (Å²) in [5.41, 5.74) is 2.69. The molecule has 1 atom stereocenters. The number of aromatic nitrogens is 1. The molecule has 1 aliphatic carbocycles. The fraction of sp³-hybridized carbons (Fsp3) is 0.333. The summed E-state index contributed by atoms with van der Waals surface area (Å²) in [4.78, 5) is 10.7. The van der Waals surface area contributed by atoms with Crippen molar-refractivity contribution < 1.29 is 10.0 Å². The molecule has 5 nitrogen and oxygen atoms in total. The third kappa shape index (κ3) is 2.80. The Bertz CT molecular complexity index is 696. The molecule has 110 valence electrons. The van der Waals surface area contributed by atoms with Crippen molar-refractivity contribution >= 4 is 17.3 Å². The van der Waals surface area contributed by atoms with Gasteiger partial charge in [-0.15, -0.1) is 0 Å². The summed E-state index contributed by atoms with van der Waals surface area (Å²) in [6, 6.07) is 4.57. The van der Waals surface area contributed by atoms with Crippen molar-refractivity contribution in [1.29, 1.82) is 0 Å². The van der Waals surface area contributed by atoms with Gasteiger partial charge in [0, 0.05) is 29.0 Å². The average molecular weight is 307 g/mol. The predicted octanol–water partition coefficient (Wildman–Crippen LogP) is 3.47. The van der Waals surface area contributed by atoms with Gasteiger partial charge in [-0.3, -0.25) is 10.1 Å². The minimum atomic E-state index is -0.427. The van der Waals surface area contributed by atoms with Crippen molar-refractivity contribution in [3.05, 3.63) is 62.4 Å². The van der Waals surface area contributed by atoms with Crippen LogP contribution < -0.4 is 0 Å². The standard InChI is InChI=1S/C15H15ClN2O3/c16-12-4-5-14(18(20)21)11(6-12)8-17-7-10-2-1-3-15(19)13(10)9-17/h4-7,9,15,19H,1-3,8H2. The monoisotopic (exact) mass is 306 g/mol. The highest BCUT2D eigenvalue weighted by molar-refractivity contribution is 6.30. The number of hydrogen-bond acceptors (Lipinski definition) is 3. The van der Waals surface area contributed by atoms with Crippen LogP contribution in [0.2, 0.25) is 5.02 Å². The second-order valence-electron chi connectivity index (χ2n) is 5.35. The number of benzene rings is 1. The maximum atomic E-state index is 11.1. The molecular formula is C15H15ClN2O3. The van der Waals surface area contributed by atoms with Crippen LogP contribution in [0.5, 0.6) is 0 Å². The summed E-state index contributed by atoms with van der Waals surface area (Å²) in [7, 11) is 0. The van der Waals surface area contributed by atoms with Gasteiger partial charge >= 0.3 is 0 Å². The van der Waals surface area contributed by atoms with Gasteiger partial charge in [-0.1, -0.05) is 11.6 Å². The lowest BCUT2D eigenvalue weighted by molar-refractivity contribution is -0.385. The van der Waals surface area contributed by atoms with Gasteiger partial charge in [0.25, 0.3) is 5.69 Å². The lowest BCUT2D eigenvalue weighted by atomic mass is 9.93. The van der Waals surface area contributed by atoms with Crippen molar-refractivity contribution in [3.63, 3.8) is 0 Å². The number of nitro benzene ring substituents is 1. The molecule has 0 amide bonds. The van der Waals surface area contributed by atoms with Crippen molar-refractivity contribution in [2.45, 2.75) is 31.9 Å². The molecule has 1 aromatic carbocycles. The highest BCUT2D eigenvalue weighted by atomic mass is 35.5. The third-order valence-corrected chi connectivity index (χ3v) is 4.11. The number of aliphatic hydroxyl groups excluding tert-OH is 1. The Morgan fingerprint density at radius 3 is 2.95 bits per heavy atom. The van der Waals surface area contributed by atoms with E-state index in [1.165, 1.54) is 12.1 Å². The number of fused-ring (bicyclic) bond motifs is 1. The van der Waals surface area contributed by atoms with E-state index in [0.29, 0.717) is 17.1 Å². The molecule has 0 aliphatic heterocycles. The smallest absolute Gasteiger partial charge is 0.274 e. The van der Waals surface area contributed by atoms with E-state index in [1.54, 1.807) is 6.07 Å². The average Bonchev–Trinajstić information content (AvgIpc) is 2.82. The number of nitrogens with zero attached hydrogens (tertiary/aromatic N) is 2. The summed E-state index contributed by atoms with van der Waals surface area (Å²) >= 11 is 5.94. The van der Waals surface area contributed by atoms with E-state index in [2.05, 4.69) is 0 Å². The van der Waals surface area contributed by atoms with Crippen LogP contribution in [0.25, 0.3) is 0 Å². The first kappa shape index (κ1) is 14.1. The normalized spacial score (nSPS) is 17.5. The Hall–Kier alpha value is -1.85. The van der Waals surface area contributed by atoms with Gasteiger partial charge in [0.05, 0.1) is 23.1 Å². The Morgan fingerprint density at radius 2 is 2.24 bits per heavy atom. The topological polar surface area (TPSA) is 68.3 Å². The zero-order valence-electron chi connectivity index (χ0n) is 11.3. The molecule has 0 bridgehead atoms. The fourth-order valence-corrected chi connectivity index (χ4v) is 3.07. The Balaban J connectivity index is 1.94. The molecule has 1 aliphatic rings. The van der Waals surface area contributed by atoms with Gasteiger partial charge in [0.1, 0.15) is 0 Å². The Morgan fingerprint density at radius 1 is 1.43 bits per heavy atom. The van der Waals surface area contributed by atoms with E-state index in [4.69, 9.17) is 11.6 Å². The van der Waals surface area contributed by atoms with E-state index < -0.39 is 11.0 Å². The summed E-state index contributed by atoms with van der Waals surface area (Å²) in [6.45, 7) is 0.372. The Labute approximate surface area is 126 Å². The molecule has 2 aromatic rings. The summed E-state index contributed by atoms with van der Waals surface area (Å²) < 4.78 is 1.89. The van der Waals surface area contributed by atoms with Gasteiger partial charge in [-0.25, -0.2) is 0 Å². The van der Waals surface area contributed by atoms with Gasteiger partial charge in [-0.05, 0) is 37.0 Å². The predicted molar refractivity (Wildman–Crippen MR) is 79.5 cm³/mol. The van der Waals surface area contributed by atoms with E-state index >= 15 is 0 Å². The van der Waals surface area contributed by atoms with E-state index in [9.17, 15) is 15.2 Å². The van der Waals surface area contributed by atoms with Gasteiger partial charge in [-0.2, -0.15) is 0 Å². The molecule has 21 heavy (non-hydrogen) atoms. The molecule has 1 unspecified atom stereocenters. The van der Waals surface area contributed by atoms with Crippen LogP contribution in [0.1, 0.15) is 35.6 Å². The molecule has 1 heterocycles. The number of halogens is 1. The molecular weight excluding hydrogens is 292 g/mol. The van der Waals surface area contributed by atoms with Crippen LogP contribution in [0, 0.1) is 10.1 Å². The molecule has 3 rings (SSSR count). The molecule has 0 saturated carbocycles. The number of hydrogen-bond donors (Lipinski definition) is 1. The minimum Gasteiger partial charge on any atom is -0.388 e. The second kappa shape index (κ2) is 5.50. The maximum Gasteiger partial charge on any atom is 0.274 e. The number of rotatable bonds is 3. The maximum absolute atomic E-state index is 11.1. The molecule has 6 heteroatoms. The van der Waals surface area contributed by atoms with Crippen molar-refractivity contribution in [2.24, 2.45) is 0 Å². The summed E-state index contributed by atoms with van der Waals surface area (Å²) in [6.07, 6.45) is 6.09. The fourth-order valence-electron chi connectivity index (χ4n) is 2.87. The van der Waals surface area contributed by atoms with Crippen molar-refractivity contribution in [2.75, 3.05) is 0 Å². The van der Waals surface area contributed by atoms with Crippen LogP contribution in [0.15, 0.2) is 30.6 Å². The van der Waals surface area contributed by atoms with Crippen molar-refractivity contribution in [1.82, 2.24) is 4.57 Å². The van der Waals surface area contributed by atoms with Gasteiger partial charge in [0.2, 0.25) is 0 Å². The highest BCUT2D eigenvalue weighted by Crippen LogP contribution is 2.31. The van der Waals surface area contributed by atoms with Crippen molar-refractivity contribution in [3.8, 4) is 0 Å². The first-order valence-electron chi connectivity index (χ1n) is 6.84. The van der Waals surface area contributed by atoms with Crippen LogP contribution >= 0.6 is 11.6 Å². The first-order valence-corrected chi connectivity index (χ1v) is 7.22. The van der Waals surface area contributed by atoms with Gasteiger partial charge < -0.3 is 9.67 Å². The number of nitro groups is 1. The zero-order valence-corrected chi connectivity index (χ0v) is 12.1. The molecule has 0 fully saturated rings. The van der Waals surface area contributed by atoms with Crippen LogP contribution in [-0.2, 0) is 13.0 Å². The largest absolute Gasteiger partial charge is 0.388 e. The van der Waals surface area contributed by atoms with Gasteiger partial charge in [0.15, 0.2) is 0 Å².